The third-order valence-electron chi connectivity index (χ3n) is 2.91. The van der Waals surface area contributed by atoms with Crippen LogP contribution in [0.2, 0.25) is 0 Å². The number of amides is 1. The van der Waals surface area contributed by atoms with Crippen LogP contribution in [-0.2, 0) is 4.79 Å². The normalized spacial score (nSPS) is 12.1. The second-order valence-corrected chi connectivity index (χ2v) is 5.20. The number of hydrogen-bond donors (Lipinski definition) is 2. The van der Waals surface area contributed by atoms with Gasteiger partial charge in [-0.1, -0.05) is 25.5 Å². The number of carbonyl (C=O) groups excluding carboxylic acids is 1. The Morgan fingerprint density at radius 2 is 2.00 bits per heavy atom. The number of carboxylic acid groups (broad SMARTS) is 1. The van der Waals surface area contributed by atoms with Gasteiger partial charge < -0.3 is 15.2 Å². The van der Waals surface area contributed by atoms with E-state index in [1.807, 2.05) is 26.8 Å². The third-order valence-corrected chi connectivity index (χ3v) is 2.91. The minimum atomic E-state index is -1.03. The van der Waals surface area contributed by atoms with Crippen LogP contribution in [0.4, 0.5) is 0 Å². The van der Waals surface area contributed by atoms with Crippen molar-refractivity contribution in [3.63, 3.8) is 0 Å². The summed E-state index contributed by atoms with van der Waals surface area (Å²) in [6.45, 7) is 5.68. The molecule has 1 rings (SSSR count). The summed E-state index contributed by atoms with van der Waals surface area (Å²) in [6.07, 6.45) is 0.384. The van der Waals surface area contributed by atoms with Crippen molar-refractivity contribution in [3.05, 3.63) is 29.3 Å². The predicted molar refractivity (Wildman–Crippen MR) is 76.1 cm³/mol. The molecule has 0 spiro atoms. The number of carboxylic acids is 1. The van der Waals surface area contributed by atoms with Crippen molar-refractivity contribution in [2.45, 2.75) is 33.2 Å². The van der Waals surface area contributed by atoms with Crippen molar-refractivity contribution in [2.75, 3.05) is 7.11 Å². The maximum absolute atomic E-state index is 12.2. The van der Waals surface area contributed by atoms with E-state index < -0.39 is 17.9 Å². The lowest BCUT2D eigenvalue weighted by molar-refractivity contribution is -0.139. The Balaban J connectivity index is 2.94. The molecule has 1 atom stereocenters. The number of aryl methyl sites for hydroxylation is 1. The van der Waals surface area contributed by atoms with Gasteiger partial charge in [-0.25, -0.2) is 4.79 Å². The summed E-state index contributed by atoms with van der Waals surface area (Å²) in [5.41, 5.74) is 1.26. The van der Waals surface area contributed by atoms with Crippen LogP contribution in [0.25, 0.3) is 0 Å². The van der Waals surface area contributed by atoms with E-state index in [1.54, 1.807) is 12.1 Å². The fourth-order valence-electron chi connectivity index (χ4n) is 1.93. The van der Waals surface area contributed by atoms with Crippen LogP contribution in [0, 0.1) is 12.8 Å². The summed E-state index contributed by atoms with van der Waals surface area (Å²) in [6, 6.07) is 4.32. The Bertz CT molecular complexity index is 497. The van der Waals surface area contributed by atoms with E-state index in [1.165, 1.54) is 7.11 Å². The van der Waals surface area contributed by atoms with Crippen molar-refractivity contribution in [1.82, 2.24) is 5.32 Å². The highest BCUT2D eigenvalue weighted by Crippen LogP contribution is 2.20. The maximum Gasteiger partial charge on any atom is 0.326 e. The first-order valence-electron chi connectivity index (χ1n) is 6.53. The van der Waals surface area contributed by atoms with Gasteiger partial charge in [-0.3, -0.25) is 4.79 Å². The van der Waals surface area contributed by atoms with Crippen LogP contribution in [0.3, 0.4) is 0 Å². The van der Waals surface area contributed by atoms with E-state index in [-0.39, 0.29) is 5.92 Å². The molecule has 110 valence electrons. The zero-order chi connectivity index (χ0) is 15.3. The Kier molecular flexibility index (Phi) is 5.55. The number of nitrogens with one attached hydrogen (secondary N) is 1. The number of rotatable bonds is 6. The molecule has 2 N–H and O–H groups in total. The lowest BCUT2D eigenvalue weighted by Crippen LogP contribution is -2.41. The van der Waals surface area contributed by atoms with Gasteiger partial charge in [-0.15, -0.1) is 0 Å². The molecule has 20 heavy (non-hydrogen) atoms. The molecule has 0 saturated heterocycles. The second-order valence-electron chi connectivity index (χ2n) is 5.20. The SMILES string of the molecule is COc1ccc(C)cc1C(=O)NC(CC(C)C)C(=O)O. The van der Waals surface area contributed by atoms with Gasteiger partial charge in [-0.2, -0.15) is 0 Å². The average molecular weight is 279 g/mol. The van der Waals surface area contributed by atoms with Crippen molar-refractivity contribution in [1.29, 1.82) is 0 Å². The van der Waals surface area contributed by atoms with Crippen LogP contribution >= 0.6 is 0 Å². The Morgan fingerprint density at radius 1 is 1.35 bits per heavy atom. The smallest absolute Gasteiger partial charge is 0.326 e. The topological polar surface area (TPSA) is 75.6 Å². The molecule has 0 aliphatic carbocycles. The van der Waals surface area contributed by atoms with Crippen LogP contribution in [0.5, 0.6) is 5.75 Å². The fourth-order valence-corrected chi connectivity index (χ4v) is 1.93. The van der Waals surface area contributed by atoms with Crippen molar-refractivity contribution in [3.8, 4) is 5.75 Å². The van der Waals surface area contributed by atoms with Crippen LogP contribution < -0.4 is 10.1 Å². The molecule has 0 aliphatic heterocycles. The number of aliphatic carboxylic acids is 1. The lowest BCUT2D eigenvalue weighted by Gasteiger charge is -2.17. The summed E-state index contributed by atoms with van der Waals surface area (Å²) < 4.78 is 5.14. The first kappa shape index (κ1) is 16.0. The van der Waals surface area contributed by atoms with E-state index in [2.05, 4.69) is 5.32 Å². The summed E-state index contributed by atoms with van der Waals surface area (Å²) in [5.74, 6) is -0.852. The largest absolute Gasteiger partial charge is 0.496 e. The molecule has 1 aromatic rings. The Labute approximate surface area is 118 Å². The number of methoxy groups -OCH3 is 1. The molecule has 0 radical (unpaired) electrons. The molecule has 0 bridgehead atoms. The highest BCUT2D eigenvalue weighted by molar-refractivity contribution is 5.99. The van der Waals surface area contributed by atoms with Gasteiger partial charge in [0.25, 0.3) is 5.91 Å². The van der Waals surface area contributed by atoms with Gasteiger partial charge in [0.2, 0.25) is 0 Å². The number of hydrogen-bond acceptors (Lipinski definition) is 3. The molecule has 0 aliphatic rings. The minimum Gasteiger partial charge on any atom is -0.496 e. The number of carbonyl (C=O) groups is 2. The molecular formula is C15H21NO4. The van der Waals surface area contributed by atoms with E-state index in [4.69, 9.17) is 9.84 Å². The van der Waals surface area contributed by atoms with Crippen molar-refractivity contribution < 1.29 is 19.4 Å². The summed E-state index contributed by atoms with van der Waals surface area (Å²) >= 11 is 0. The van der Waals surface area contributed by atoms with Gasteiger partial charge in [0.05, 0.1) is 12.7 Å². The molecule has 0 saturated carbocycles. The van der Waals surface area contributed by atoms with Gasteiger partial charge >= 0.3 is 5.97 Å². The summed E-state index contributed by atoms with van der Waals surface area (Å²) in [7, 11) is 1.48. The Hall–Kier alpha value is -2.04. The molecule has 0 heterocycles. The molecule has 5 heteroatoms. The van der Waals surface area contributed by atoms with Gasteiger partial charge in [0.1, 0.15) is 11.8 Å². The zero-order valence-electron chi connectivity index (χ0n) is 12.3. The van der Waals surface area contributed by atoms with Crippen LogP contribution in [-0.4, -0.2) is 30.1 Å². The second kappa shape index (κ2) is 6.93. The monoisotopic (exact) mass is 279 g/mol. The third kappa shape index (κ3) is 4.26. The average Bonchev–Trinajstić information content (AvgIpc) is 2.37. The molecule has 1 unspecified atom stereocenters. The summed E-state index contributed by atoms with van der Waals surface area (Å²) in [5, 5.41) is 11.7. The highest BCUT2D eigenvalue weighted by Gasteiger charge is 2.23. The van der Waals surface area contributed by atoms with Crippen molar-refractivity contribution >= 4 is 11.9 Å². The van der Waals surface area contributed by atoms with E-state index in [0.29, 0.717) is 17.7 Å². The molecule has 0 aromatic heterocycles. The standard InChI is InChI=1S/C15H21NO4/c1-9(2)7-12(15(18)19)16-14(17)11-8-10(3)5-6-13(11)20-4/h5-6,8-9,12H,7H2,1-4H3,(H,16,17)(H,18,19). The van der Waals surface area contributed by atoms with Crippen LogP contribution in [0.15, 0.2) is 18.2 Å². The first-order chi connectivity index (χ1) is 9.35. The predicted octanol–water partition coefficient (Wildman–Crippen LogP) is 2.23. The molecule has 5 nitrogen and oxygen atoms in total. The summed E-state index contributed by atoms with van der Waals surface area (Å²) in [4.78, 5) is 23.4. The van der Waals surface area contributed by atoms with E-state index in [0.717, 1.165) is 5.56 Å². The van der Waals surface area contributed by atoms with Gasteiger partial charge in [0.15, 0.2) is 0 Å². The fraction of sp³-hybridized carbons (Fsp3) is 0.467. The Morgan fingerprint density at radius 3 is 2.50 bits per heavy atom. The van der Waals surface area contributed by atoms with E-state index >= 15 is 0 Å². The van der Waals surface area contributed by atoms with Crippen molar-refractivity contribution in [2.24, 2.45) is 5.92 Å². The van der Waals surface area contributed by atoms with Crippen LogP contribution in [0.1, 0.15) is 36.2 Å². The first-order valence-corrected chi connectivity index (χ1v) is 6.53. The lowest BCUT2D eigenvalue weighted by atomic mass is 10.0. The van der Waals surface area contributed by atoms with Gasteiger partial charge in [0, 0.05) is 0 Å². The number of ether oxygens (including phenoxy) is 1. The minimum absolute atomic E-state index is 0.177. The zero-order valence-corrected chi connectivity index (χ0v) is 12.3. The molecule has 1 aromatic carbocycles. The number of benzene rings is 1. The quantitative estimate of drug-likeness (QED) is 0.837. The molecule has 1 amide bonds. The highest BCUT2D eigenvalue weighted by atomic mass is 16.5. The van der Waals surface area contributed by atoms with E-state index in [9.17, 15) is 9.59 Å². The van der Waals surface area contributed by atoms with Gasteiger partial charge in [-0.05, 0) is 31.4 Å². The molecule has 0 fully saturated rings. The molecular weight excluding hydrogens is 258 g/mol. The maximum atomic E-state index is 12.2.